The molecule has 0 aliphatic carbocycles. The van der Waals surface area contributed by atoms with E-state index in [1.54, 1.807) is 12.1 Å². The molecule has 4 rings (SSSR count). The van der Waals surface area contributed by atoms with Crippen LogP contribution in [0.25, 0.3) is 0 Å². The van der Waals surface area contributed by atoms with E-state index in [4.69, 9.17) is 0 Å². The van der Waals surface area contributed by atoms with Gasteiger partial charge in [-0.2, -0.15) is 4.31 Å². The number of anilines is 1. The van der Waals surface area contributed by atoms with E-state index in [9.17, 15) is 22.0 Å². The Labute approximate surface area is 162 Å². The summed E-state index contributed by atoms with van der Waals surface area (Å²) >= 11 is 0. The molecule has 0 saturated carbocycles. The van der Waals surface area contributed by atoms with Crippen molar-refractivity contribution in [2.75, 3.05) is 24.5 Å². The normalized spacial score (nSPS) is 17.6. The van der Waals surface area contributed by atoms with E-state index in [2.05, 4.69) is 0 Å². The van der Waals surface area contributed by atoms with E-state index >= 15 is 0 Å². The third-order valence-electron chi connectivity index (χ3n) is 5.31. The van der Waals surface area contributed by atoms with Gasteiger partial charge < -0.3 is 4.90 Å². The second kappa shape index (κ2) is 7.25. The molecule has 148 valence electrons. The fourth-order valence-corrected chi connectivity index (χ4v) is 5.38. The zero-order chi connectivity index (χ0) is 19.9. The molecule has 8 heteroatoms. The van der Waals surface area contributed by atoms with Crippen LogP contribution in [-0.2, 0) is 16.4 Å². The molecular formula is C20H20F2N2O3S. The van der Waals surface area contributed by atoms with Gasteiger partial charge in [-0.05, 0) is 55.2 Å². The summed E-state index contributed by atoms with van der Waals surface area (Å²) in [6.07, 6.45) is 3.23. The van der Waals surface area contributed by atoms with Crippen LogP contribution in [0.1, 0.15) is 35.2 Å². The Kier molecular flexibility index (Phi) is 4.93. The lowest BCUT2D eigenvalue weighted by atomic mass is 10.1. The van der Waals surface area contributed by atoms with Crippen molar-refractivity contribution >= 4 is 21.6 Å². The molecule has 2 aliphatic rings. The molecule has 0 spiro atoms. The Hall–Kier alpha value is -2.32. The molecule has 5 nitrogen and oxygen atoms in total. The summed E-state index contributed by atoms with van der Waals surface area (Å²) in [5.74, 6) is -2.23. The summed E-state index contributed by atoms with van der Waals surface area (Å²) in [4.78, 5) is 14.3. The van der Waals surface area contributed by atoms with Crippen LogP contribution in [0, 0.1) is 11.6 Å². The van der Waals surface area contributed by atoms with Gasteiger partial charge in [-0.15, -0.1) is 0 Å². The zero-order valence-corrected chi connectivity index (χ0v) is 16.0. The predicted molar refractivity (Wildman–Crippen MR) is 101 cm³/mol. The summed E-state index contributed by atoms with van der Waals surface area (Å²) < 4.78 is 54.3. The molecule has 2 aliphatic heterocycles. The van der Waals surface area contributed by atoms with Crippen molar-refractivity contribution < 1.29 is 22.0 Å². The molecule has 0 unspecified atom stereocenters. The van der Waals surface area contributed by atoms with Gasteiger partial charge in [0.25, 0.3) is 5.91 Å². The third-order valence-corrected chi connectivity index (χ3v) is 7.20. The first kappa shape index (κ1) is 19.0. The van der Waals surface area contributed by atoms with Crippen molar-refractivity contribution in [2.24, 2.45) is 0 Å². The number of nitrogens with zero attached hydrogens (tertiary/aromatic N) is 2. The van der Waals surface area contributed by atoms with E-state index in [1.807, 2.05) is 0 Å². The van der Waals surface area contributed by atoms with Crippen LogP contribution in [0.15, 0.2) is 41.3 Å². The lowest BCUT2D eigenvalue weighted by molar-refractivity contribution is 0.0985. The van der Waals surface area contributed by atoms with Gasteiger partial charge in [-0.25, -0.2) is 17.2 Å². The maximum Gasteiger partial charge on any atom is 0.261 e. The smallest absolute Gasteiger partial charge is 0.261 e. The number of piperidine rings is 1. The van der Waals surface area contributed by atoms with E-state index in [0.29, 0.717) is 37.8 Å². The number of hydrogen-bond acceptors (Lipinski definition) is 3. The Morgan fingerprint density at radius 3 is 2.39 bits per heavy atom. The second-order valence-corrected chi connectivity index (χ2v) is 9.02. The van der Waals surface area contributed by atoms with Crippen molar-refractivity contribution in [3.05, 3.63) is 59.2 Å². The molecule has 0 radical (unpaired) electrons. The number of benzene rings is 2. The molecule has 1 saturated heterocycles. The van der Waals surface area contributed by atoms with Crippen molar-refractivity contribution in [3.8, 4) is 0 Å². The maximum absolute atomic E-state index is 14.0. The lowest BCUT2D eigenvalue weighted by Gasteiger charge is -2.26. The Morgan fingerprint density at radius 2 is 1.68 bits per heavy atom. The number of sulfonamides is 1. The molecule has 2 aromatic rings. The van der Waals surface area contributed by atoms with Gasteiger partial charge in [-0.1, -0.05) is 6.42 Å². The standard InChI is InChI=1S/C20H20F2N2O3S/c21-15-4-6-17(18(22)13-15)20(25)24-11-8-14-12-16(5-7-19(14)24)28(26,27)23-9-2-1-3-10-23/h4-7,12-13H,1-3,8-11H2. The fourth-order valence-electron chi connectivity index (χ4n) is 3.81. The molecule has 1 fully saturated rings. The molecule has 2 aromatic carbocycles. The second-order valence-electron chi connectivity index (χ2n) is 7.09. The predicted octanol–water partition coefficient (Wildman–Crippen LogP) is 3.34. The highest BCUT2D eigenvalue weighted by molar-refractivity contribution is 7.89. The van der Waals surface area contributed by atoms with Crippen molar-refractivity contribution in [1.82, 2.24) is 4.31 Å². The molecule has 0 bridgehead atoms. The SMILES string of the molecule is O=C(c1ccc(F)cc1F)N1CCc2cc(S(=O)(=O)N3CCCCC3)ccc21. The molecule has 28 heavy (non-hydrogen) atoms. The van der Waals surface area contributed by atoms with Crippen LogP contribution < -0.4 is 4.90 Å². The van der Waals surface area contributed by atoms with Crippen molar-refractivity contribution in [1.29, 1.82) is 0 Å². The quantitative estimate of drug-likeness (QED) is 0.786. The van der Waals surface area contributed by atoms with E-state index in [0.717, 1.165) is 37.0 Å². The highest BCUT2D eigenvalue weighted by atomic mass is 32.2. The van der Waals surface area contributed by atoms with Gasteiger partial charge in [-0.3, -0.25) is 4.79 Å². The highest BCUT2D eigenvalue weighted by Crippen LogP contribution is 2.33. The number of fused-ring (bicyclic) bond motifs is 1. The number of hydrogen-bond donors (Lipinski definition) is 0. The average molecular weight is 406 g/mol. The van der Waals surface area contributed by atoms with E-state index in [1.165, 1.54) is 15.3 Å². The lowest BCUT2D eigenvalue weighted by Crippen LogP contribution is -2.35. The van der Waals surface area contributed by atoms with Crippen LogP contribution in [-0.4, -0.2) is 38.3 Å². The van der Waals surface area contributed by atoms with Gasteiger partial charge in [0, 0.05) is 31.4 Å². The Morgan fingerprint density at radius 1 is 0.929 bits per heavy atom. The van der Waals surface area contributed by atoms with Gasteiger partial charge >= 0.3 is 0 Å². The van der Waals surface area contributed by atoms with Crippen LogP contribution in [0.3, 0.4) is 0 Å². The van der Waals surface area contributed by atoms with E-state index in [-0.39, 0.29) is 10.5 Å². The third kappa shape index (κ3) is 3.31. The highest BCUT2D eigenvalue weighted by Gasteiger charge is 2.31. The number of rotatable bonds is 3. The molecule has 1 amide bonds. The van der Waals surface area contributed by atoms with Crippen molar-refractivity contribution in [3.63, 3.8) is 0 Å². The molecule has 2 heterocycles. The van der Waals surface area contributed by atoms with Crippen LogP contribution in [0.5, 0.6) is 0 Å². The average Bonchev–Trinajstić information content (AvgIpc) is 3.11. The molecular weight excluding hydrogens is 386 g/mol. The monoisotopic (exact) mass is 406 g/mol. The fraction of sp³-hybridized carbons (Fsp3) is 0.350. The Balaban J connectivity index is 1.62. The minimum absolute atomic E-state index is 0.209. The summed E-state index contributed by atoms with van der Waals surface area (Å²) in [6.45, 7) is 1.36. The van der Waals surface area contributed by atoms with Gasteiger partial charge in [0.05, 0.1) is 10.5 Å². The number of carbonyl (C=O) groups is 1. The number of halogens is 2. The summed E-state index contributed by atoms with van der Waals surface area (Å²) in [6, 6.07) is 7.54. The van der Waals surface area contributed by atoms with Crippen LogP contribution in [0.4, 0.5) is 14.5 Å². The molecule has 0 aromatic heterocycles. The zero-order valence-electron chi connectivity index (χ0n) is 15.2. The largest absolute Gasteiger partial charge is 0.308 e. The summed E-state index contributed by atoms with van der Waals surface area (Å²) in [7, 11) is -3.56. The van der Waals surface area contributed by atoms with Crippen LogP contribution in [0.2, 0.25) is 0 Å². The molecule has 0 N–H and O–H groups in total. The first-order valence-corrected chi connectivity index (χ1v) is 10.7. The topological polar surface area (TPSA) is 57.7 Å². The van der Waals surface area contributed by atoms with Gasteiger partial charge in [0.2, 0.25) is 10.0 Å². The molecule has 0 atom stereocenters. The van der Waals surface area contributed by atoms with Crippen LogP contribution >= 0.6 is 0 Å². The van der Waals surface area contributed by atoms with Crippen molar-refractivity contribution in [2.45, 2.75) is 30.6 Å². The first-order chi connectivity index (χ1) is 13.4. The summed E-state index contributed by atoms with van der Waals surface area (Å²) in [5, 5.41) is 0. The number of amides is 1. The van der Waals surface area contributed by atoms with Gasteiger partial charge in [0.1, 0.15) is 11.6 Å². The number of carbonyl (C=O) groups excluding carboxylic acids is 1. The minimum Gasteiger partial charge on any atom is -0.308 e. The van der Waals surface area contributed by atoms with E-state index < -0.39 is 27.6 Å². The minimum atomic E-state index is -3.56. The van der Waals surface area contributed by atoms with Gasteiger partial charge in [0.15, 0.2) is 0 Å². The maximum atomic E-state index is 14.0. The first-order valence-electron chi connectivity index (χ1n) is 9.28. The Bertz CT molecular complexity index is 1030. The summed E-state index contributed by atoms with van der Waals surface area (Å²) in [5.41, 5.74) is 1.08.